The van der Waals surface area contributed by atoms with Crippen molar-refractivity contribution < 1.29 is 14.4 Å². The van der Waals surface area contributed by atoms with Gasteiger partial charge in [0.1, 0.15) is 12.1 Å². The zero-order valence-corrected chi connectivity index (χ0v) is 22.0. The molecule has 2 aromatic carbocycles. The van der Waals surface area contributed by atoms with Crippen molar-refractivity contribution >= 4 is 23.5 Å². The Bertz CT molecular complexity index is 1230. The number of aromatic nitrogens is 2. The molecule has 9 heteroatoms. The van der Waals surface area contributed by atoms with E-state index in [9.17, 15) is 14.4 Å². The van der Waals surface area contributed by atoms with Crippen LogP contribution in [-0.2, 0) is 20.8 Å². The molecule has 3 amide bonds. The SMILES string of the molecule is CC(C)(N)C(=O)NC(CCc1ccccc1)C(=O)Nc1cn(C(C(=O)N2CCCC2)c2ccccc2)cn1. The summed E-state index contributed by atoms with van der Waals surface area (Å²) in [5, 5.41) is 5.61. The molecule has 0 aliphatic carbocycles. The molecular formula is C29H36N6O3. The van der Waals surface area contributed by atoms with Crippen LogP contribution < -0.4 is 16.4 Å². The summed E-state index contributed by atoms with van der Waals surface area (Å²) in [5.41, 5.74) is 6.73. The lowest BCUT2D eigenvalue weighted by Crippen LogP contribution is -2.55. The Balaban J connectivity index is 1.52. The number of likely N-dealkylation sites (tertiary alicyclic amines) is 1. The zero-order valence-electron chi connectivity index (χ0n) is 22.0. The van der Waals surface area contributed by atoms with E-state index in [0.717, 1.165) is 37.1 Å². The molecule has 4 N–H and O–H groups in total. The fourth-order valence-electron chi connectivity index (χ4n) is 4.51. The topological polar surface area (TPSA) is 122 Å². The molecule has 3 aromatic rings. The second-order valence-corrected chi connectivity index (χ2v) is 10.3. The number of carbonyl (C=O) groups excluding carboxylic acids is 3. The second kappa shape index (κ2) is 12.0. The fourth-order valence-corrected chi connectivity index (χ4v) is 4.51. The van der Waals surface area contributed by atoms with E-state index in [1.54, 1.807) is 30.9 Å². The fraction of sp³-hybridized carbons (Fsp3) is 0.379. The summed E-state index contributed by atoms with van der Waals surface area (Å²) < 4.78 is 1.73. The zero-order chi connectivity index (χ0) is 27.1. The van der Waals surface area contributed by atoms with Gasteiger partial charge >= 0.3 is 0 Å². The van der Waals surface area contributed by atoms with E-state index in [1.165, 1.54) is 0 Å². The molecule has 9 nitrogen and oxygen atoms in total. The van der Waals surface area contributed by atoms with Crippen LogP contribution in [0.4, 0.5) is 5.82 Å². The van der Waals surface area contributed by atoms with E-state index in [1.807, 2.05) is 65.6 Å². The number of aryl methyl sites for hydroxylation is 1. The van der Waals surface area contributed by atoms with Gasteiger partial charge < -0.3 is 25.8 Å². The molecule has 2 atom stereocenters. The minimum absolute atomic E-state index is 0.00200. The van der Waals surface area contributed by atoms with Gasteiger partial charge in [-0.2, -0.15) is 0 Å². The Morgan fingerprint density at radius 2 is 1.63 bits per heavy atom. The molecule has 1 aliphatic heterocycles. The average Bonchev–Trinajstić information content (AvgIpc) is 3.60. The number of anilines is 1. The summed E-state index contributed by atoms with van der Waals surface area (Å²) in [5.74, 6) is -0.513. The first-order valence-electron chi connectivity index (χ1n) is 13.0. The van der Waals surface area contributed by atoms with E-state index >= 15 is 0 Å². The van der Waals surface area contributed by atoms with Crippen LogP contribution in [0.2, 0.25) is 0 Å². The highest BCUT2D eigenvalue weighted by Crippen LogP contribution is 2.24. The maximum Gasteiger partial charge on any atom is 0.250 e. The van der Waals surface area contributed by atoms with Crippen molar-refractivity contribution in [3.63, 3.8) is 0 Å². The number of amides is 3. The number of nitrogens with one attached hydrogen (secondary N) is 2. The third-order valence-electron chi connectivity index (χ3n) is 6.69. The molecule has 4 rings (SSSR count). The lowest BCUT2D eigenvalue weighted by atomic mass is 10.0. The molecule has 1 aliphatic rings. The standard InChI is InChI=1S/C29H36N6O3/c1-29(2,30)28(38)32-23(16-15-21-11-5-3-6-12-21)26(36)33-24-19-35(20-31-24)25(22-13-7-4-8-14-22)27(37)34-17-9-10-18-34/h3-8,11-14,19-20,23,25H,9-10,15-18,30H2,1-2H3,(H,32,38)(H,33,36). The average molecular weight is 517 g/mol. The molecule has 1 saturated heterocycles. The lowest BCUT2D eigenvalue weighted by Gasteiger charge is -2.24. The molecule has 38 heavy (non-hydrogen) atoms. The maximum atomic E-state index is 13.5. The quantitative estimate of drug-likeness (QED) is 0.383. The molecule has 1 fully saturated rings. The van der Waals surface area contributed by atoms with Crippen molar-refractivity contribution in [2.24, 2.45) is 5.73 Å². The minimum Gasteiger partial charge on any atom is -0.343 e. The molecule has 0 radical (unpaired) electrons. The van der Waals surface area contributed by atoms with Crippen molar-refractivity contribution in [2.75, 3.05) is 18.4 Å². The number of imidazole rings is 1. The number of hydrogen-bond acceptors (Lipinski definition) is 5. The summed E-state index contributed by atoms with van der Waals surface area (Å²) in [4.78, 5) is 45.6. The number of hydrogen-bond donors (Lipinski definition) is 3. The Labute approximate surface area is 223 Å². The monoisotopic (exact) mass is 516 g/mol. The van der Waals surface area contributed by atoms with Gasteiger partial charge in [-0.15, -0.1) is 0 Å². The molecule has 2 unspecified atom stereocenters. The van der Waals surface area contributed by atoms with Gasteiger partial charge in [0.15, 0.2) is 5.82 Å². The van der Waals surface area contributed by atoms with Gasteiger partial charge in [0, 0.05) is 19.3 Å². The van der Waals surface area contributed by atoms with E-state index in [4.69, 9.17) is 5.73 Å². The predicted molar refractivity (Wildman–Crippen MR) is 146 cm³/mol. The molecule has 200 valence electrons. The van der Waals surface area contributed by atoms with E-state index in [0.29, 0.717) is 18.7 Å². The van der Waals surface area contributed by atoms with Crippen LogP contribution in [0, 0.1) is 0 Å². The first-order chi connectivity index (χ1) is 18.2. The van der Waals surface area contributed by atoms with Crippen molar-refractivity contribution in [2.45, 2.75) is 57.2 Å². The number of rotatable bonds is 10. The lowest BCUT2D eigenvalue weighted by molar-refractivity contribution is -0.132. The molecule has 0 bridgehead atoms. The van der Waals surface area contributed by atoms with E-state index in [2.05, 4.69) is 15.6 Å². The van der Waals surface area contributed by atoms with Gasteiger partial charge in [0.2, 0.25) is 17.7 Å². The smallest absolute Gasteiger partial charge is 0.250 e. The number of carbonyl (C=O) groups is 3. The summed E-state index contributed by atoms with van der Waals surface area (Å²) in [7, 11) is 0. The molecule has 1 aromatic heterocycles. The first-order valence-corrected chi connectivity index (χ1v) is 13.0. The van der Waals surface area contributed by atoms with Crippen LogP contribution in [0.1, 0.15) is 50.3 Å². The number of nitrogens with zero attached hydrogens (tertiary/aromatic N) is 3. The van der Waals surface area contributed by atoms with E-state index in [-0.39, 0.29) is 5.91 Å². The number of benzene rings is 2. The highest BCUT2D eigenvalue weighted by Gasteiger charge is 2.31. The van der Waals surface area contributed by atoms with Crippen molar-refractivity contribution in [1.29, 1.82) is 0 Å². The van der Waals surface area contributed by atoms with Gasteiger partial charge in [-0.25, -0.2) is 4.98 Å². The minimum atomic E-state index is -1.13. The van der Waals surface area contributed by atoms with Crippen LogP contribution >= 0.6 is 0 Å². The van der Waals surface area contributed by atoms with Crippen LogP contribution in [-0.4, -0.2) is 56.8 Å². The maximum absolute atomic E-state index is 13.5. The van der Waals surface area contributed by atoms with Crippen molar-refractivity contribution in [3.05, 3.63) is 84.3 Å². The Morgan fingerprint density at radius 1 is 1.00 bits per heavy atom. The van der Waals surface area contributed by atoms with Gasteiger partial charge in [-0.3, -0.25) is 14.4 Å². The van der Waals surface area contributed by atoms with E-state index < -0.39 is 29.4 Å². The molecular weight excluding hydrogens is 480 g/mol. The van der Waals surface area contributed by atoms with Crippen LogP contribution in [0.5, 0.6) is 0 Å². The van der Waals surface area contributed by atoms with Crippen LogP contribution in [0.15, 0.2) is 73.2 Å². The van der Waals surface area contributed by atoms with Crippen LogP contribution in [0.25, 0.3) is 0 Å². The largest absolute Gasteiger partial charge is 0.343 e. The Morgan fingerprint density at radius 3 is 2.26 bits per heavy atom. The van der Waals surface area contributed by atoms with Gasteiger partial charge in [0.25, 0.3) is 0 Å². The third-order valence-corrected chi connectivity index (χ3v) is 6.69. The van der Waals surface area contributed by atoms with Crippen molar-refractivity contribution in [1.82, 2.24) is 19.8 Å². The van der Waals surface area contributed by atoms with Gasteiger partial charge in [0.05, 0.1) is 11.9 Å². The third kappa shape index (κ3) is 6.86. The highest BCUT2D eigenvalue weighted by molar-refractivity contribution is 5.98. The first kappa shape index (κ1) is 27.1. The van der Waals surface area contributed by atoms with Crippen molar-refractivity contribution in [3.8, 4) is 0 Å². The number of nitrogens with two attached hydrogens (primary N) is 1. The summed E-state index contributed by atoms with van der Waals surface area (Å²) in [6, 6.07) is 17.9. The predicted octanol–water partition coefficient (Wildman–Crippen LogP) is 2.89. The molecule has 0 saturated carbocycles. The molecule has 2 heterocycles. The summed E-state index contributed by atoms with van der Waals surface area (Å²) in [6.07, 6.45) is 6.19. The normalized spacial score (nSPS) is 15.1. The Kier molecular flexibility index (Phi) is 8.58. The summed E-state index contributed by atoms with van der Waals surface area (Å²) >= 11 is 0. The summed E-state index contributed by atoms with van der Waals surface area (Å²) in [6.45, 7) is 4.66. The Hall–Kier alpha value is -3.98. The second-order valence-electron chi connectivity index (χ2n) is 10.3. The van der Waals surface area contributed by atoms with Crippen LogP contribution in [0.3, 0.4) is 0 Å². The highest BCUT2D eigenvalue weighted by atomic mass is 16.2. The van der Waals surface area contributed by atoms with Gasteiger partial charge in [-0.05, 0) is 50.7 Å². The van der Waals surface area contributed by atoms with Gasteiger partial charge in [-0.1, -0.05) is 60.7 Å². The molecule has 0 spiro atoms.